The van der Waals surface area contributed by atoms with Crippen molar-refractivity contribution in [1.29, 1.82) is 0 Å². The molecule has 0 nitrogen and oxygen atoms in total. The monoisotopic (exact) mass is 284 g/mol. The van der Waals surface area contributed by atoms with E-state index in [9.17, 15) is 0 Å². The Morgan fingerprint density at radius 1 is 0.636 bits per heavy atom. The predicted molar refractivity (Wildman–Crippen MR) is 94.8 cm³/mol. The van der Waals surface area contributed by atoms with Crippen LogP contribution in [0, 0.1) is 0 Å². The summed E-state index contributed by atoms with van der Waals surface area (Å²) in [5.41, 5.74) is 5.71. The molecule has 2 aromatic carbocycles. The zero-order valence-corrected chi connectivity index (χ0v) is 12.7. The van der Waals surface area contributed by atoms with Gasteiger partial charge in [-0.25, -0.2) is 0 Å². The first-order valence-corrected chi connectivity index (χ1v) is 8.11. The van der Waals surface area contributed by atoms with E-state index in [2.05, 4.69) is 85.0 Å². The maximum absolute atomic E-state index is 2.35. The Hall–Kier alpha value is -2.34. The topological polar surface area (TPSA) is 0 Å². The maximum Gasteiger partial charge on any atom is 0.00617 e. The van der Waals surface area contributed by atoms with Crippen molar-refractivity contribution in [2.45, 2.75) is 24.7 Å². The third-order valence-corrected chi connectivity index (χ3v) is 4.75. The number of allylic oxidation sites excluding steroid dienone is 4. The van der Waals surface area contributed by atoms with E-state index in [1.54, 1.807) is 0 Å². The minimum absolute atomic E-state index is 0.554. The lowest BCUT2D eigenvalue weighted by Gasteiger charge is -2.09. The van der Waals surface area contributed by atoms with Gasteiger partial charge in [-0.2, -0.15) is 0 Å². The molecular formula is C22H20. The summed E-state index contributed by atoms with van der Waals surface area (Å²) in [6, 6.07) is 17.4. The molecule has 2 aromatic rings. The molecule has 22 heavy (non-hydrogen) atoms. The van der Waals surface area contributed by atoms with Crippen LogP contribution >= 0.6 is 0 Å². The third-order valence-electron chi connectivity index (χ3n) is 4.75. The van der Waals surface area contributed by atoms with E-state index >= 15 is 0 Å². The molecule has 0 heterocycles. The second-order valence-electron chi connectivity index (χ2n) is 6.13. The molecule has 2 aliphatic carbocycles. The van der Waals surface area contributed by atoms with Crippen LogP contribution in [-0.2, 0) is 0 Å². The molecule has 0 bridgehead atoms. The van der Waals surface area contributed by atoms with Gasteiger partial charge in [0.05, 0.1) is 0 Å². The fourth-order valence-corrected chi connectivity index (χ4v) is 3.54. The minimum Gasteiger partial charge on any atom is -0.0876 e. The zero-order valence-electron chi connectivity index (χ0n) is 12.7. The first kappa shape index (κ1) is 13.3. The van der Waals surface area contributed by atoms with E-state index in [-0.39, 0.29) is 0 Å². The average Bonchev–Trinajstić information content (AvgIpc) is 3.16. The summed E-state index contributed by atoms with van der Waals surface area (Å²) in [7, 11) is 0. The first-order valence-electron chi connectivity index (χ1n) is 8.11. The van der Waals surface area contributed by atoms with E-state index in [0.29, 0.717) is 11.8 Å². The predicted octanol–water partition coefficient (Wildman–Crippen LogP) is 5.94. The van der Waals surface area contributed by atoms with E-state index in [1.165, 1.54) is 22.3 Å². The van der Waals surface area contributed by atoms with Gasteiger partial charge in [-0.3, -0.25) is 0 Å². The lowest BCUT2D eigenvalue weighted by molar-refractivity contribution is 0.848. The van der Waals surface area contributed by atoms with Crippen LogP contribution in [0.3, 0.4) is 0 Å². The summed E-state index contributed by atoms with van der Waals surface area (Å²) in [6.45, 7) is 0. The Bertz CT molecular complexity index is 696. The molecule has 0 radical (unpaired) electrons. The van der Waals surface area contributed by atoms with Crippen LogP contribution in [0.15, 0.2) is 72.8 Å². The number of hydrogen-bond donors (Lipinski definition) is 0. The zero-order chi connectivity index (χ0) is 14.8. The van der Waals surface area contributed by atoms with Crippen molar-refractivity contribution >= 4 is 12.2 Å². The van der Waals surface area contributed by atoms with Gasteiger partial charge in [0.25, 0.3) is 0 Å². The Morgan fingerprint density at radius 2 is 1.09 bits per heavy atom. The van der Waals surface area contributed by atoms with Gasteiger partial charge in [0.1, 0.15) is 0 Å². The number of fused-ring (bicyclic) bond motifs is 2. The Balaban J connectivity index is 1.37. The molecule has 0 saturated carbocycles. The Labute approximate surface area is 132 Å². The minimum atomic E-state index is 0.554. The van der Waals surface area contributed by atoms with Gasteiger partial charge in [0, 0.05) is 11.8 Å². The van der Waals surface area contributed by atoms with Crippen LogP contribution in [0.25, 0.3) is 12.2 Å². The molecule has 0 heteroatoms. The van der Waals surface area contributed by atoms with Crippen molar-refractivity contribution in [3.63, 3.8) is 0 Å². The highest BCUT2D eigenvalue weighted by Gasteiger charge is 2.16. The number of benzene rings is 2. The van der Waals surface area contributed by atoms with Gasteiger partial charge >= 0.3 is 0 Å². The van der Waals surface area contributed by atoms with E-state index in [1.807, 2.05) is 0 Å². The molecule has 2 aliphatic rings. The van der Waals surface area contributed by atoms with Gasteiger partial charge in [-0.1, -0.05) is 85.0 Å². The van der Waals surface area contributed by atoms with Crippen LogP contribution in [0.1, 0.15) is 46.9 Å². The molecule has 0 saturated heterocycles. The van der Waals surface area contributed by atoms with Crippen LogP contribution in [0.4, 0.5) is 0 Å². The summed E-state index contributed by atoms with van der Waals surface area (Å²) in [6.07, 6.45) is 16.1. The highest BCUT2D eigenvalue weighted by Crippen LogP contribution is 2.34. The summed E-state index contributed by atoms with van der Waals surface area (Å²) < 4.78 is 0. The fourth-order valence-electron chi connectivity index (χ4n) is 3.54. The fraction of sp³-hybridized carbons (Fsp3) is 0.182. The smallest absolute Gasteiger partial charge is 0.00617 e. The van der Waals surface area contributed by atoms with Crippen molar-refractivity contribution in [1.82, 2.24) is 0 Å². The summed E-state index contributed by atoms with van der Waals surface area (Å²) in [4.78, 5) is 0. The normalized spacial score (nSPS) is 21.5. The van der Waals surface area contributed by atoms with Crippen LogP contribution in [-0.4, -0.2) is 0 Å². The Morgan fingerprint density at radius 3 is 1.59 bits per heavy atom. The van der Waals surface area contributed by atoms with Gasteiger partial charge in [-0.05, 0) is 35.1 Å². The van der Waals surface area contributed by atoms with Crippen molar-refractivity contribution in [2.24, 2.45) is 0 Å². The van der Waals surface area contributed by atoms with Crippen molar-refractivity contribution in [3.8, 4) is 0 Å². The molecule has 0 aliphatic heterocycles. The molecule has 2 atom stereocenters. The van der Waals surface area contributed by atoms with Crippen LogP contribution < -0.4 is 0 Å². The van der Waals surface area contributed by atoms with E-state index < -0.39 is 0 Å². The van der Waals surface area contributed by atoms with E-state index in [4.69, 9.17) is 0 Å². The van der Waals surface area contributed by atoms with Crippen molar-refractivity contribution < 1.29 is 0 Å². The largest absolute Gasteiger partial charge is 0.0876 e. The molecule has 4 rings (SSSR count). The number of hydrogen-bond acceptors (Lipinski definition) is 0. The lowest BCUT2D eigenvalue weighted by Crippen LogP contribution is -1.92. The van der Waals surface area contributed by atoms with Crippen LogP contribution in [0.2, 0.25) is 0 Å². The molecule has 0 aromatic heterocycles. The highest BCUT2D eigenvalue weighted by atomic mass is 14.2. The summed E-state index contributed by atoms with van der Waals surface area (Å²) in [5, 5.41) is 0. The second-order valence-corrected chi connectivity index (χ2v) is 6.13. The maximum atomic E-state index is 2.35. The molecule has 0 N–H and O–H groups in total. The summed E-state index contributed by atoms with van der Waals surface area (Å²) >= 11 is 0. The SMILES string of the molecule is C(=CCC1C=Cc2ccccc21)CC1C=Cc2ccccc21. The van der Waals surface area contributed by atoms with Crippen molar-refractivity contribution in [3.05, 3.63) is 95.1 Å². The standard InChI is InChI=1S/C22H20/c1(7-17-13-15-19-9-3-5-11-21(17)19)2-8-18-14-16-20-10-4-6-12-22(18)20/h1-6,9-18H,7-8H2. The molecule has 0 spiro atoms. The first-order chi connectivity index (χ1) is 10.9. The summed E-state index contributed by atoms with van der Waals surface area (Å²) in [5.74, 6) is 1.11. The molecular weight excluding hydrogens is 264 g/mol. The van der Waals surface area contributed by atoms with E-state index in [0.717, 1.165) is 12.8 Å². The van der Waals surface area contributed by atoms with Crippen LogP contribution in [0.5, 0.6) is 0 Å². The third kappa shape index (κ3) is 2.46. The van der Waals surface area contributed by atoms with Gasteiger partial charge in [0.15, 0.2) is 0 Å². The quantitative estimate of drug-likeness (QED) is 0.609. The molecule has 0 fully saturated rings. The molecule has 2 unspecified atom stereocenters. The molecule has 108 valence electrons. The average molecular weight is 284 g/mol. The van der Waals surface area contributed by atoms with Gasteiger partial charge < -0.3 is 0 Å². The number of rotatable bonds is 4. The second kappa shape index (κ2) is 5.81. The Kier molecular flexibility index (Phi) is 3.52. The highest BCUT2D eigenvalue weighted by molar-refractivity contribution is 5.63. The molecule has 0 amide bonds. The van der Waals surface area contributed by atoms with Gasteiger partial charge in [0.2, 0.25) is 0 Å². The van der Waals surface area contributed by atoms with Gasteiger partial charge in [-0.15, -0.1) is 0 Å². The lowest BCUT2D eigenvalue weighted by atomic mass is 9.95. The van der Waals surface area contributed by atoms with Crippen molar-refractivity contribution in [2.75, 3.05) is 0 Å².